The fourth-order valence-corrected chi connectivity index (χ4v) is 6.99. The molecular weight excluding hydrogens is 696 g/mol. The van der Waals surface area contributed by atoms with Crippen LogP contribution in [0.3, 0.4) is 0 Å². The molecule has 9 nitrogen and oxygen atoms in total. The zero-order valence-corrected chi connectivity index (χ0v) is 35.4. The van der Waals surface area contributed by atoms with Crippen LogP contribution in [0.25, 0.3) is 0 Å². The van der Waals surface area contributed by atoms with Crippen molar-refractivity contribution in [2.24, 2.45) is 0 Å². The second-order valence-electron chi connectivity index (χ2n) is 15.9. The summed E-state index contributed by atoms with van der Waals surface area (Å²) < 4.78 is 22.7. The molecule has 55 heavy (non-hydrogen) atoms. The average molecular weight is 783 g/mol. The van der Waals surface area contributed by atoms with Crippen LogP contribution in [0.1, 0.15) is 200 Å². The lowest BCUT2D eigenvalue weighted by molar-refractivity contribution is -0.305. The summed E-state index contributed by atoms with van der Waals surface area (Å²) in [5.41, 5.74) is 0. The van der Waals surface area contributed by atoms with E-state index in [1.807, 2.05) is 0 Å². The quantitative estimate of drug-likeness (QED) is 0.0273. The minimum absolute atomic E-state index is 0.111. The summed E-state index contributed by atoms with van der Waals surface area (Å²) in [5, 5.41) is 39.9. The number of carbonyl (C=O) groups is 1. The van der Waals surface area contributed by atoms with Gasteiger partial charge in [0.25, 0.3) is 0 Å². The maximum absolute atomic E-state index is 12.6. The van der Waals surface area contributed by atoms with Crippen LogP contribution in [0.5, 0.6) is 0 Å². The van der Waals surface area contributed by atoms with Crippen molar-refractivity contribution in [1.29, 1.82) is 0 Å². The molecule has 0 amide bonds. The molecule has 1 saturated heterocycles. The summed E-state index contributed by atoms with van der Waals surface area (Å²) in [7, 11) is 0. The van der Waals surface area contributed by atoms with E-state index in [1.54, 1.807) is 0 Å². The number of unbranched alkanes of at least 4 members (excludes halogenated alkanes) is 24. The first-order chi connectivity index (χ1) is 26.9. The third-order valence-electron chi connectivity index (χ3n) is 10.6. The van der Waals surface area contributed by atoms with Crippen molar-refractivity contribution >= 4 is 5.97 Å². The highest BCUT2D eigenvalue weighted by atomic mass is 16.7. The van der Waals surface area contributed by atoms with Gasteiger partial charge in [-0.05, 0) is 44.9 Å². The first-order valence-corrected chi connectivity index (χ1v) is 22.9. The summed E-state index contributed by atoms with van der Waals surface area (Å²) in [6.45, 7) is 4.50. The van der Waals surface area contributed by atoms with E-state index < -0.39 is 43.4 Å². The number of allylic oxidation sites excluding steroid dienone is 4. The minimum atomic E-state index is -1.53. The molecule has 0 aromatic rings. The van der Waals surface area contributed by atoms with Crippen LogP contribution in [0, 0.1) is 0 Å². The highest BCUT2D eigenvalue weighted by Gasteiger charge is 2.44. The Morgan fingerprint density at radius 2 is 1.05 bits per heavy atom. The monoisotopic (exact) mass is 783 g/mol. The Balaban J connectivity index is 2.08. The SMILES string of the molecule is CCCCCCC/C=C\C/C=C\CCCCCCCCCCCCCCCCOCC(COC1OC(CO)C(O)C(O)C1O)OC(=O)CCCCCCCC. The van der Waals surface area contributed by atoms with E-state index in [-0.39, 0.29) is 19.2 Å². The van der Waals surface area contributed by atoms with Gasteiger partial charge in [0.15, 0.2) is 6.29 Å². The minimum Gasteiger partial charge on any atom is -0.457 e. The molecular formula is C46H86O9. The van der Waals surface area contributed by atoms with Crippen molar-refractivity contribution in [2.75, 3.05) is 26.4 Å². The number of rotatable bonds is 39. The van der Waals surface area contributed by atoms with Gasteiger partial charge in [0.05, 0.1) is 19.8 Å². The highest BCUT2D eigenvalue weighted by Crippen LogP contribution is 2.22. The number of hydrogen-bond acceptors (Lipinski definition) is 9. The number of ether oxygens (including phenoxy) is 4. The maximum atomic E-state index is 12.6. The molecule has 0 spiro atoms. The first-order valence-electron chi connectivity index (χ1n) is 22.9. The Morgan fingerprint density at radius 1 is 0.582 bits per heavy atom. The number of aliphatic hydroxyl groups excluding tert-OH is 4. The molecule has 6 unspecified atom stereocenters. The lowest BCUT2D eigenvalue weighted by Gasteiger charge is -2.39. The van der Waals surface area contributed by atoms with E-state index in [0.29, 0.717) is 13.0 Å². The number of carbonyl (C=O) groups excluding carboxylic acids is 1. The molecule has 1 heterocycles. The average Bonchev–Trinajstić information content (AvgIpc) is 3.18. The molecule has 6 atom stereocenters. The van der Waals surface area contributed by atoms with Crippen molar-refractivity contribution in [3.8, 4) is 0 Å². The van der Waals surface area contributed by atoms with Crippen LogP contribution >= 0.6 is 0 Å². The van der Waals surface area contributed by atoms with Crippen LogP contribution < -0.4 is 0 Å². The normalized spacial score (nSPS) is 20.9. The van der Waals surface area contributed by atoms with Crippen LogP contribution in [-0.2, 0) is 23.7 Å². The molecule has 1 fully saturated rings. The third kappa shape index (κ3) is 29.5. The van der Waals surface area contributed by atoms with E-state index in [1.165, 1.54) is 141 Å². The van der Waals surface area contributed by atoms with E-state index in [9.17, 15) is 25.2 Å². The second-order valence-corrected chi connectivity index (χ2v) is 15.9. The fraction of sp³-hybridized carbons (Fsp3) is 0.891. The largest absolute Gasteiger partial charge is 0.457 e. The predicted octanol–water partition coefficient (Wildman–Crippen LogP) is 10.2. The van der Waals surface area contributed by atoms with Crippen LogP contribution in [-0.4, -0.2) is 89.6 Å². The van der Waals surface area contributed by atoms with Gasteiger partial charge in [-0.25, -0.2) is 0 Å². The van der Waals surface area contributed by atoms with Gasteiger partial charge in [-0.2, -0.15) is 0 Å². The maximum Gasteiger partial charge on any atom is 0.306 e. The summed E-state index contributed by atoms with van der Waals surface area (Å²) in [4.78, 5) is 12.6. The Labute approximate surface area is 337 Å². The van der Waals surface area contributed by atoms with E-state index in [0.717, 1.165) is 38.5 Å². The Bertz CT molecular complexity index is 895. The topological polar surface area (TPSA) is 135 Å². The molecule has 9 heteroatoms. The zero-order valence-electron chi connectivity index (χ0n) is 35.4. The van der Waals surface area contributed by atoms with Gasteiger partial charge in [0, 0.05) is 13.0 Å². The predicted molar refractivity (Wildman–Crippen MR) is 224 cm³/mol. The van der Waals surface area contributed by atoms with Crippen LogP contribution in [0.2, 0.25) is 0 Å². The van der Waals surface area contributed by atoms with E-state index in [2.05, 4.69) is 38.2 Å². The molecule has 1 rings (SSSR count). The molecule has 1 aliphatic rings. The molecule has 0 bridgehead atoms. The van der Waals surface area contributed by atoms with Gasteiger partial charge in [-0.15, -0.1) is 0 Å². The smallest absolute Gasteiger partial charge is 0.306 e. The third-order valence-corrected chi connectivity index (χ3v) is 10.6. The molecule has 4 N–H and O–H groups in total. The summed E-state index contributed by atoms with van der Waals surface area (Å²) >= 11 is 0. The molecule has 0 aromatic carbocycles. The van der Waals surface area contributed by atoms with Crippen molar-refractivity contribution < 1.29 is 44.2 Å². The highest BCUT2D eigenvalue weighted by molar-refractivity contribution is 5.69. The van der Waals surface area contributed by atoms with Crippen molar-refractivity contribution in [3.05, 3.63) is 24.3 Å². The number of esters is 1. The molecule has 0 saturated carbocycles. The summed E-state index contributed by atoms with van der Waals surface area (Å²) in [5.74, 6) is -0.321. The van der Waals surface area contributed by atoms with Gasteiger partial charge in [0.2, 0.25) is 0 Å². The zero-order chi connectivity index (χ0) is 40.0. The van der Waals surface area contributed by atoms with Gasteiger partial charge in [-0.1, -0.05) is 173 Å². The lowest BCUT2D eigenvalue weighted by Crippen LogP contribution is -2.59. The molecule has 0 radical (unpaired) electrons. The van der Waals surface area contributed by atoms with Gasteiger partial charge >= 0.3 is 5.97 Å². The molecule has 0 aromatic heterocycles. The Hall–Kier alpha value is -1.33. The standard InChI is InChI=1S/C46H86O9/c1-3-5-7-9-11-12-13-14-15-16-17-18-19-20-21-22-23-24-25-26-27-28-29-30-32-34-36-52-38-40(54-42(48)35-33-31-10-8-6-4-2)39-53-46-45(51)44(50)43(49)41(37-47)55-46/h13-14,16-17,40-41,43-47,49-51H,3-12,15,18-39H2,1-2H3/b14-13-,17-16-. The summed E-state index contributed by atoms with van der Waals surface area (Å²) in [6.07, 6.45) is 36.8. The van der Waals surface area contributed by atoms with Crippen molar-refractivity contribution in [2.45, 2.75) is 237 Å². The van der Waals surface area contributed by atoms with Crippen LogP contribution in [0.15, 0.2) is 24.3 Å². The fourth-order valence-electron chi connectivity index (χ4n) is 6.99. The molecule has 0 aliphatic carbocycles. The Kier molecular flexibility index (Phi) is 35.9. The van der Waals surface area contributed by atoms with Gasteiger partial charge in [-0.3, -0.25) is 4.79 Å². The lowest BCUT2D eigenvalue weighted by atomic mass is 9.99. The first kappa shape index (κ1) is 51.7. The number of hydrogen-bond donors (Lipinski definition) is 4. The summed E-state index contributed by atoms with van der Waals surface area (Å²) in [6, 6.07) is 0. The van der Waals surface area contributed by atoms with Crippen LogP contribution in [0.4, 0.5) is 0 Å². The molecule has 1 aliphatic heterocycles. The molecule has 324 valence electrons. The Morgan fingerprint density at radius 3 is 1.56 bits per heavy atom. The second kappa shape index (κ2) is 38.2. The van der Waals surface area contributed by atoms with E-state index >= 15 is 0 Å². The van der Waals surface area contributed by atoms with Gasteiger partial charge in [0.1, 0.15) is 30.5 Å². The van der Waals surface area contributed by atoms with Gasteiger partial charge < -0.3 is 39.4 Å². The van der Waals surface area contributed by atoms with Crippen molar-refractivity contribution in [1.82, 2.24) is 0 Å². The van der Waals surface area contributed by atoms with Crippen molar-refractivity contribution in [3.63, 3.8) is 0 Å². The number of aliphatic hydroxyl groups is 4. The van der Waals surface area contributed by atoms with E-state index in [4.69, 9.17) is 18.9 Å².